The molecule has 0 saturated carbocycles. The number of hydrogen-bond acceptors (Lipinski definition) is 4. The number of carbonyl (C=O) groups is 2. The highest BCUT2D eigenvalue weighted by molar-refractivity contribution is 6.33. The number of halogens is 1. The van der Waals surface area contributed by atoms with Gasteiger partial charge in [0.1, 0.15) is 0 Å². The number of nitrogens with one attached hydrogen (secondary N) is 1. The average molecular weight is 311 g/mol. The van der Waals surface area contributed by atoms with E-state index in [-0.39, 0.29) is 12.5 Å². The number of benzene rings is 1. The smallest absolute Gasteiger partial charge is 0.248 e. The van der Waals surface area contributed by atoms with Crippen LogP contribution in [0.5, 0.6) is 0 Å². The Morgan fingerprint density at radius 3 is 2.62 bits per heavy atom. The van der Waals surface area contributed by atoms with E-state index in [4.69, 9.17) is 17.3 Å². The zero-order valence-electron chi connectivity index (χ0n) is 11.9. The van der Waals surface area contributed by atoms with Gasteiger partial charge in [-0.3, -0.25) is 9.59 Å². The van der Waals surface area contributed by atoms with Gasteiger partial charge in [0.25, 0.3) is 0 Å². The predicted molar refractivity (Wildman–Crippen MR) is 82.7 cm³/mol. The highest BCUT2D eigenvalue weighted by atomic mass is 35.5. The minimum atomic E-state index is -0.525. The molecule has 0 bridgehead atoms. The molecule has 0 spiro atoms. The molecule has 1 saturated heterocycles. The minimum absolute atomic E-state index is 0.0639. The van der Waals surface area contributed by atoms with Crippen molar-refractivity contribution in [3.63, 3.8) is 0 Å². The molecule has 1 aromatic rings. The summed E-state index contributed by atoms with van der Waals surface area (Å²) in [5.41, 5.74) is 6.26. The lowest BCUT2D eigenvalue weighted by Gasteiger charge is -2.30. The predicted octanol–water partition coefficient (Wildman–Crippen LogP) is 0.307. The van der Waals surface area contributed by atoms with E-state index in [2.05, 4.69) is 5.32 Å². The van der Waals surface area contributed by atoms with E-state index in [1.807, 2.05) is 4.90 Å². The van der Waals surface area contributed by atoms with Gasteiger partial charge >= 0.3 is 0 Å². The summed E-state index contributed by atoms with van der Waals surface area (Å²) in [6.45, 7) is 3.34. The fourth-order valence-electron chi connectivity index (χ4n) is 2.27. The Kier molecular flexibility index (Phi) is 5.03. The van der Waals surface area contributed by atoms with E-state index in [0.717, 1.165) is 26.2 Å². The maximum absolute atomic E-state index is 12.2. The second kappa shape index (κ2) is 6.78. The Labute approximate surface area is 128 Å². The summed E-state index contributed by atoms with van der Waals surface area (Å²) < 4.78 is 0. The van der Waals surface area contributed by atoms with Crippen LogP contribution < -0.4 is 16.0 Å². The Hall–Kier alpha value is -1.79. The molecule has 6 nitrogen and oxygen atoms in total. The fraction of sp³-hybridized carbons (Fsp3) is 0.429. The van der Waals surface area contributed by atoms with Crippen LogP contribution in [0.2, 0.25) is 5.02 Å². The summed E-state index contributed by atoms with van der Waals surface area (Å²) in [6, 6.07) is 4.83. The van der Waals surface area contributed by atoms with Gasteiger partial charge in [0, 0.05) is 38.8 Å². The zero-order valence-corrected chi connectivity index (χ0v) is 12.7. The number of piperazine rings is 1. The fourth-order valence-corrected chi connectivity index (χ4v) is 2.60. The van der Waals surface area contributed by atoms with Gasteiger partial charge in [0.15, 0.2) is 0 Å². The van der Waals surface area contributed by atoms with Gasteiger partial charge in [-0.05, 0) is 18.2 Å². The molecule has 21 heavy (non-hydrogen) atoms. The summed E-state index contributed by atoms with van der Waals surface area (Å²) >= 11 is 6.15. The molecule has 1 aliphatic rings. The minimum Gasteiger partial charge on any atom is -0.366 e. The number of primary amides is 1. The second-order valence-electron chi connectivity index (χ2n) is 5.02. The second-order valence-corrected chi connectivity index (χ2v) is 5.42. The molecule has 1 aromatic carbocycles. The van der Waals surface area contributed by atoms with Crippen molar-refractivity contribution in [1.29, 1.82) is 0 Å². The van der Waals surface area contributed by atoms with E-state index in [0.29, 0.717) is 16.3 Å². The van der Waals surface area contributed by atoms with E-state index in [9.17, 15) is 9.59 Å². The van der Waals surface area contributed by atoms with Crippen molar-refractivity contribution in [2.24, 2.45) is 5.73 Å². The number of rotatable bonds is 4. The maximum Gasteiger partial charge on any atom is 0.248 e. The average Bonchev–Trinajstić information content (AvgIpc) is 2.47. The molecular weight excluding hydrogens is 292 g/mol. The standard InChI is InChI=1S/C14H19ClN4O2/c1-18(9-13(20)19-6-4-17-5-7-19)12-3-2-10(14(16)21)8-11(12)15/h2-3,8,17H,4-7,9H2,1H3,(H2,16,21). The summed E-state index contributed by atoms with van der Waals surface area (Å²) in [4.78, 5) is 26.9. The molecule has 0 aromatic heterocycles. The number of amides is 2. The monoisotopic (exact) mass is 310 g/mol. The third kappa shape index (κ3) is 3.86. The Bertz CT molecular complexity index is 544. The number of likely N-dealkylation sites (N-methyl/N-ethyl adjacent to an activating group) is 1. The number of carbonyl (C=O) groups excluding carboxylic acids is 2. The van der Waals surface area contributed by atoms with Gasteiger partial charge in [-0.2, -0.15) is 0 Å². The molecule has 1 heterocycles. The van der Waals surface area contributed by atoms with Crippen LogP contribution in [0.4, 0.5) is 5.69 Å². The van der Waals surface area contributed by atoms with Gasteiger partial charge in [0.2, 0.25) is 11.8 Å². The van der Waals surface area contributed by atoms with E-state index in [1.165, 1.54) is 6.07 Å². The first-order chi connectivity index (χ1) is 9.99. The Morgan fingerprint density at radius 1 is 1.38 bits per heavy atom. The van der Waals surface area contributed by atoms with Crippen LogP contribution in [0.25, 0.3) is 0 Å². The first kappa shape index (κ1) is 15.6. The van der Waals surface area contributed by atoms with Crippen LogP contribution in [0.1, 0.15) is 10.4 Å². The first-order valence-corrected chi connectivity index (χ1v) is 7.16. The summed E-state index contributed by atoms with van der Waals surface area (Å²) in [5, 5.41) is 3.61. The third-order valence-corrected chi connectivity index (χ3v) is 3.79. The van der Waals surface area contributed by atoms with E-state index >= 15 is 0 Å². The lowest BCUT2D eigenvalue weighted by Crippen LogP contribution is -2.49. The van der Waals surface area contributed by atoms with Gasteiger partial charge in [-0.1, -0.05) is 11.6 Å². The third-order valence-electron chi connectivity index (χ3n) is 3.49. The summed E-state index contributed by atoms with van der Waals surface area (Å²) in [5.74, 6) is -0.461. The van der Waals surface area contributed by atoms with Crippen molar-refractivity contribution in [1.82, 2.24) is 10.2 Å². The van der Waals surface area contributed by atoms with Crippen LogP contribution in [0.3, 0.4) is 0 Å². The van der Waals surface area contributed by atoms with Crippen LogP contribution in [-0.4, -0.2) is 56.5 Å². The quantitative estimate of drug-likeness (QED) is 0.839. The molecule has 0 atom stereocenters. The Morgan fingerprint density at radius 2 is 2.05 bits per heavy atom. The number of anilines is 1. The topological polar surface area (TPSA) is 78.7 Å². The van der Waals surface area contributed by atoms with Gasteiger partial charge < -0.3 is 20.9 Å². The molecule has 2 amide bonds. The largest absolute Gasteiger partial charge is 0.366 e. The van der Waals surface area contributed by atoms with Gasteiger partial charge in [0.05, 0.1) is 17.3 Å². The van der Waals surface area contributed by atoms with Crippen LogP contribution >= 0.6 is 11.6 Å². The van der Waals surface area contributed by atoms with Crippen molar-refractivity contribution >= 4 is 29.1 Å². The van der Waals surface area contributed by atoms with Gasteiger partial charge in [-0.25, -0.2) is 0 Å². The van der Waals surface area contributed by atoms with E-state index in [1.54, 1.807) is 24.1 Å². The highest BCUT2D eigenvalue weighted by Gasteiger charge is 2.19. The SMILES string of the molecule is CN(CC(=O)N1CCNCC1)c1ccc(C(N)=O)cc1Cl. The summed E-state index contributed by atoms with van der Waals surface area (Å²) in [7, 11) is 1.80. The number of nitrogens with two attached hydrogens (primary N) is 1. The van der Waals surface area contributed by atoms with E-state index < -0.39 is 5.91 Å². The first-order valence-electron chi connectivity index (χ1n) is 6.78. The van der Waals surface area contributed by atoms with Crippen LogP contribution in [0.15, 0.2) is 18.2 Å². The summed E-state index contributed by atoms with van der Waals surface area (Å²) in [6.07, 6.45) is 0. The zero-order chi connectivity index (χ0) is 15.4. The molecule has 7 heteroatoms. The molecule has 114 valence electrons. The van der Waals surface area contributed by atoms with Crippen LogP contribution in [-0.2, 0) is 4.79 Å². The maximum atomic E-state index is 12.2. The number of nitrogens with zero attached hydrogens (tertiary/aromatic N) is 2. The lowest BCUT2D eigenvalue weighted by molar-refractivity contribution is -0.130. The molecule has 3 N–H and O–H groups in total. The van der Waals surface area contributed by atoms with Gasteiger partial charge in [-0.15, -0.1) is 0 Å². The number of hydrogen-bond donors (Lipinski definition) is 2. The van der Waals surface area contributed by atoms with Crippen molar-refractivity contribution in [3.05, 3.63) is 28.8 Å². The lowest BCUT2D eigenvalue weighted by atomic mass is 10.2. The van der Waals surface area contributed by atoms with Crippen molar-refractivity contribution in [3.8, 4) is 0 Å². The molecule has 0 unspecified atom stereocenters. The van der Waals surface area contributed by atoms with Crippen LogP contribution in [0, 0.1) is 0 Å². The van der Waals surface area contributed by atoms with Crippen molar-refractivity contribution in [2.45, 2.75) is 0 Å². The molecule has 1 aliphatic heterocycles. The normalized spacial score (nSPS) is 14.9. The Balaban J connectivity index is 2.04. The van der Waals surface area contributed by atoms with Crippen molar-refractivity contribution in [2.75, 3.05) is 44.7 Å². The molecule has 0 aliphatic carbocycles. The molecule has 1 fully saturated rings. The molecule has 2 rings (SSSR count). The molecular formula is C14H19ClN4O2. The molecule has 0 radical (unpaired) electrons. The highest BCUT2D eigenvalue weighted by Crippen LogP contribution is 2.26. The van der Waals surface area contributed by atoms with Crippen molar-refractivity contribution < 1.29 is 9.59 Å².